The molecule has 0 aliphatic rings. The second kappa shape index (κ2) is 5.20. The van der Waals surface area contributed by atoms with Crippen LogP contribution < -0.4 is 5.32 Å². The molecule has 86 valence electrons. The zero-order chi connectivity index (χ0) is 12.1. The maximum absolute atomic E-state index is 11.6. The fraction of sp³-hybridized carbons (Fsp3) is 0.400. The van der Waals surface area contributed by atoms with Crippen molar-refractivity contribution >= 4 is 11.9 Å². The minimum Gasteiger partial charge on any atom is -0.480 e. The minimum atomic E-state index is -1.06. The zero-order valence-corrected chi connectivity index (χ0v) is 9.04. The van der Waals surface area contributed by atoms with Crippen molar-refractivity contribution in [2.24, 2.45) is 5.92 Å². The topological polar surface area (TPSA) is 92.2 Å². The number of aliphatic carboxylic acids is 1. The van der Waals surface area contributed by atoms with Crippen LogP contribution in [0.3, 0.4) is 0 Å². The van der Waals surface area contributed by atoms with Crippen molar-refractivity contribution in [3.63, 3.8) is 0 Å². The van der Waals surface area contributed by atoms with E-state index in [-0.39, 0.29) is 11.6 Å². The molecule has 1 atom stereocenters. The van der Waals surface area contributed by atoms with Crippen LogP contribution >= 0.6 is 0 Å². The molecule has 1 rings (SSSR count). The number of aromatic nitrogens is 2. The van der Waals surface area contributed by atoms with Crippen molar-refractivity contribution in [1.82, 2.24) is 15.3 Å². The first-order valence-corrected chi connectivity index (χ1v) is 4.82. The molecule has 16 heavy (non-hydrogen) atoms. The zero-order valence-electron chi connectivity index (χ0n) is 9.04. The predicted octanol–water partition coefficient (Wildman–Crippen LogP) is 0.316. The number of carbonyl (C=O) groups excluding carboxylic acids is 1. The van der Waals surface area contributed by atoms with Gasteiger partial charge in [0.05, 0.1) is 6.20 Å². The number of hydrogen-bond acceptors (Lipinski definition) is 4. The lowest BCUT2D eigenvalue weighted by Gasteiger charge is -2.17. The lowest BCUT2D eigenvalue weighted by Crippen LogP contribution is -2.44. The quantitative estimate of drug-likeness (QED) is 0.766. The summed E-state index contributed by atoms with van der Waals surface area (Å²) >= 11 is 0. The third-order valence-corrected chi connectivity index (χ3v) is 2.02. The van der Waals surface area contributed by atoms with Gasteiger partial charge in [-0.25, -0.2) is 9.78 Å². The van der Waals surface area contributed by atoms with Crippen LogP contribution in [-0.2, 0) is 4.79 Å². The van der Waals surface area contributed by atoms with E-state index in [1.54, 1.807) is 13.8 Å². The number of rotatable bonds is 4. The number of nitrogens with zero attached hydrogens (tertiary/aromatic N) is 2. The highest BCUT2D eigenvalue weighted by Gasteiger charge is 2.24. The molecule has 0 aliphatic carbocycles. The molecule has 1 aromatic heterocycles. The molecule has 0 saturated heterocycles. The summed E-state index contributed by atoms with van der Waals surface area (Å²) in [5.41, 5.74) is 0.106. The van der Waals surface area contributed by atoms with Crippen molar-refractivity contribution in [2.75, 3.05) is 0 Å². The summed E-state index contributed by atoms with van der Waals surface area (Å²) in [6, 6.07) is -0.922. The van der Waals surface area contributed by atoms with E-state index in [0.717, 1.165) is 0 Å². The van der Waals surface area contributed by atoms with Gasteiger partial charge < -0.3 is 10.4 Å². The summed E-state index contributed by atoms with van der Waals surface area (Å²) in [6.07, 6.45) is 4.10. The normalized spacial score (nSPS) is 12.2. The fourth-order valence-electron chi connectivity index (χ4n) is 1.15. The molecule has 1 aromatic rings. The Labute approximate surface area is 92.7 Å². The lowest BCUT2D eigenvalue weighted by atomic mass is 10.0. The molecular formula is C10H13N3O3. The Morgan fingerprint density at radius 1 is 1.38 bits per heavy atom. The van der Waals surface area contributed by atoms with E-state index in [2.05, 4.69) is 15.3 Å². The predicted molar refractivity (Wildman–Crippen MR) is 55.8 cm³/mol. The molecule has 1 amide bonds. The number of carboxylic acid groups (broad SMARTS) is 1. The van der Waals surface area contributed by atoms with Gasteiger partial charge in [-0.05, 0) is 5.92 Å². The summed E-state index contributed by atoms with van der Waals surface area (Å²) in [5.74, 6) is -1.79. The van der Waals surface area contributed by atoms with Gasteiger partial charge in [0, 0.05) is 12.4 Å². The molecule has 6 heteroatoms. The highest BCUT2D eigenvalue weighted by atomic mass is 16.4. The number of carbonyl (C=O) groups is 2. The van der Waals surface area contributed by atoms with Gasteiger partial charge in [0.25, 0.3) is 5.91 Å². The van der Waals surface area contributed by atoms with Crippen LogP contribution in [0.1, 0.15) is 24.3 Å². The number of amides is 1. The molecular weight excluding hydrogens is 210 g/mol. The smallest absolute Gasteiger partial charge is 0.326 e. The van der Waals surface area contributed by atoms with Crippen molar-refractivity contribution in [1.29, 1.82) is 0 Å². The number of nitrogens with one attached hydrogen (secondary N) is 1. The summed E-state index contributed by atoms with van der Waals surface area (Å²) < 4.78 is 0. The fourth-order valence-corrected chi connectivity index (χ4v) is 1.15. The van der Waals surface area contributed by atoms with Crippen molar-refractivity contribution in [3.05, 3.63) is 24.3 Å². The standard InChI is InChI=1S/C10H13N3O3/c1-6(2)8(10(15)16)13-9(14)7-5-11-3-4-12-7/h3-6,8H,1-2H3,(H,13,14)(H,15,16). The Kier molecular flexibility index (Phi) is 3.93. The van der Waals surface area contributed by atoms with Crippen molar-refractivity contribution in [2.45, 2.75) is 19.9 Å². The van der Waals surface area contributed by atoms with E-state index >= 15 is 0 Å². The molecule has 1 heterocycles. The molecule has 0 bridgehead atoms. The second-order valence-corrected chi connectivity index (χ2v) is 3.62. The van der Waals surface area contributed by atoms with Crippen LogP contribution in [0.25, 0.3) is 0 Å². The largest absolute Gasteiger partial charge is 0.480 e. The maximum atomic E-state index is 11.6. The van der Waals surface area contributed by atoms with Crippen LogP contribution in [0.5, 0.6) is 0 Å². The van der Waals surface area contributed by atoms with E-state index in [1.165, 1.54) is 18.6 Å². The Morgan fingerprint density at radius 3 is 2.50 bits per heavy atom. The van der Waals surface area contributed by atoms with Crippen LogP contribution in [-0.4, -0.2) is 33.0 Å². The van der Waals surface area contributed by atoms with Gasteiger partial charge in [-0.15, -0.1) is 0 Å². The average Bonchev–Trinajstić information content (AvgIpc) is 2.25. The van der Waals surface area contributed by atoms with Gasteiger partial charge in [-0.2, -0.15) is 0 Å². The van der Waals surface area contributed by atoms with Gasteiger partial charge in [0.1, 0.15) is 11.7 Å². The summed E-state index contributed by atoms with van der Waals surface area (Å²) in [5, 5.41) is 11.3. The maximum Gasteiger partial charge on any atom is 0.326 e. The molecule has 6 nitrogen and oxygen atoms in total. The Balaban J connectivity index is 2.74. The third kappa shape index (κ3) is 3.01. The molecule has 2 N–H and O–H groups in total. The molecule has 1 unspecified atom stereocenters. The van der Waals surface area contributed by atoms with E-state index in [1.807, 2.05) is 0 Å². The monoisotopic (exact) mass is 223 g/mol. The van der Waals surface area contributed by atoms with E-state index in [0.29, 0.717) is 0 Å². The Bertz CT molecular complexity index is 378. The van der Waals surface area contributed by atoms with Crippen LogP contribution in [0.4, 0.5) is 0 Å². The number of carboxylic acids is 1. The van der Waals surface area contributed by atoms with E-state index in [4.69, 9.17) is 5.11 Å². The molecule has 0 saturated carbocycles. The molecule has 0 aliphatic heterocycles. The first-order valence-electron chi connectivity index (χ1n) is 4.82. The SMILES string of the molecule is CC(C)C(NC(=O)c1cnccn1)C(=O)O. The number of hydrogen-bond donors (Lipinski definition) is 2. The lowest BCUT2D eigenvalue weighted by molar-refractivity contribution is -0.140. The van der Waals surface area contributed by atoms with Gasteiger partial charge >= 0.3 is 5.97 Å². The van der Waals surface area contributed by atoms with Crippen molar-refractivity contribution in [3.8, 4) is 0 Å². The van der Waals surface area contributed by atoms with Gasteiger partial charge in [-0.1, -0.05) is 13.8 Å². The third-order valence-electron chi connectivity index (χ3n) is 2.02. The molecule has 0 radical (unpaired) electrons. The van der Waals surface area contributed by atoms with Crippen LogP contribution in [0, 0.1) is 5.92 Å². The van der Waals surface area contributed by atoms with E-state index < -0.39 is 17.9 Å². The average molecular weight is 223 g/mol. The molecule has 0 aromatic carbocycles. The Hall–Kier alpha value is -1.98. The summed E-state index contributed by atoms with van der Waals surface area (Å²) in [7, 11) is 0. The highest BCUT2D eigenvalue weighted by Crippen LogP contribution is 2.03. The van der Waals surface area contributed by atoms with Gasteiger partial charge in [-0.3, -0.25) is 9.78 Å². The Morgan fingerprint density at radius 2 is 2.06 bits per heavy atom. The first-order chi connectivity index (χ1) is 7.52. The van der Waals surface area contributed by atoms with E-state index in [9.17, 15) is 9.59 Å². The van der Waals surface area contributed by atoms with Crippen LogP contribution in [0.2, 0.25) is 0 Å². The van der Waals surface area contributed by atoms with Crippen molar-refractivity contribution < 1.29 is 14.7 Å². The molecule has 0 spiro atoms. The molecule has 0 fully saturated rings. The summed E-state index contributed by atoms with van der Waals surface area (Å²) in [4.78, 5) is 30.0. The first kappa shape index (κ1) is 12.1. The minimum absolute atomic E-state index is 0.106. The second-order valence-electron chi connectivity index (χ2n) is 3.62. The van der Waals surface area contributed by atoms with Crippen LogP contribution in [0.15, 0.2) is 18.6 Å². The summed E-state index contributed by atoms with van der Waals surface area (Å²) in [6.45, 7) is 3.44. The van der Waals surface area contributed by atoms with Gasteiger partial charge in [0.2, 0.25) is 0 Å². The highest BCUT2D eigenvalue weighted by molar-refractivity contribution is 5.94. The van der Waals surface area contributed by atoms with Gasteiger partial charge in [0.15, 0.2) is 0 Å².